The van der Waals surface area contributed by atoms with Crippen LogP contribution in [0.15, 0.2) is 53.7 Å². The number of hydrogen-bond donors (Lipinski definition) is 0. The third kappa shape index (κ3) is 2.62. The van der Waals surface area contributed by atoms with E-state index in [1.807, 2.05) is 0 Å². The van der Waals surface area contributed by atoms with Crippen LogP contribution in [0.25, 0.3) is 11.4 Å². The van der Waals surface area contributed by atoms with E-state index in [4.69, 9.17) is 0 Å². The van der Waals surface area contributed by atoms with E-state index in [9.17, 15) is 14.4 Å². The van der Waals surface area contributed by atoms with Crippen molar-refractivity contribution >= 4 is 11.8 Å². The van der Waals surface area contributed by atoms with Crippen molar-refractivity contribution in [2.45, 2.75) is 13.0 Å². The first-order valence-electron chi connectivity index (χ1n) is 8.30. The highest BCUT2D eigenvalue weighted by molar-refractivity contribution is 6.21. The van der Waals surface area contributed by atoms with Gasteiger partial charge in [0.2, 0.25) is 0 Å². The number of amides is 2. The van der Waals surface area contributed by atoms with E-state index in [1.54, 1.807) is 50.5 Å². The van der Waals surface area contributed by atoms with Gasteiger partial charge in [0.1, 0.15) is 12.2 Å². The minimum absolute atomic E-state index is 0.297. The van der Waals surface area contributed by atoms with Gasteiger partial charge in [0.25, 0.3) is 17.4 Å². The molecule has 3 heterocycles. The third-order valence-corrected chi connectivity index (χ3v) is 4.60. The quantitative estimate of drug-likeness (QED) is 0.657. The van der Waals surface area contributed by atoms with Crippen LogP contribution in [0.4, 0.5) is 0 Å². The second kappa shape index (κ2) is 6.24. The van der Waals surface area contributed by atoms with Gasteiger partial charge in [0.15, 0.2) is 0 Å². The van der Waals surface area contributed by atoms with Crippen molar-refractivity contribution in [1.29, 1.82) is 0 Å². The molecule has 0 radical (unpaired) electrons. The maximum Gasteiger partial charge on any atom is 0.262 e. The van der Waals surface area contributed by atoms with Gasteiger partial charge in [-0.2, -0.15) is 0 Å². The summed E-state index contributed by atoms with van der Waals surface area (Å²) in [6.07, 6.45) is 2.91. The molecule has 8 heteroatoms. The second-order valence-corrected chi connectivity index (χ2v) is 6.19. The number of nitrogens with zero attached hydrogens (tertiary/aromatic N) is 5. The molecule has 0 spiro atoms. The van der Waals surface area contributed by atoms with Crippen molar-refractivity contribution in [2.75, 3.05) is 0 Å². The van der Waals surface area contributed by atoms with Crippen molar-refractivity contribution < 1.29 is 9.59 Å². The van der Waals surface area contributed by atoms with Gasteiger partial charge < -0.3 is 0 Å². The van der Waals surface area contributed by atoms with E-state index in [1.165, 1.54) is 17.0 Å². The van der Waals surface area contributed by atoms with Crippen molar-refractivity contribution in [3.8, 4) is 11.4 Å². The number of fused-ring (bicyclic) bond motifs is 1. The molecule has 1 aliphatic rings. The van der Waals surface area contributed by atoms with Gasteiger partial charge in [-0.25, -0.2) is 15.0 Å². The summed E-state index contributed by atoms with van der Waals surface area (Å²) >= 11 is 0. The Bertz CT molecular complexity index is 1090. The summed E-state index contributed by atoms with van der Waals surface area (Å²) in [5.74, 6) is -0.500. The van der Waals surface area contributed by atoms with Gasteiger partial charge in [-0.3, -0.25) is 23.9 Å². The smallest absolute Gasteiger partial charge is 0.262 e. The van der Waals surface area contributed by atoms with Crippen molar-refractivity contribution in [3.05, 3.63) is 76.2 Å². The number of imide groups is 1. The van der Waals surface area contributed by atoms with E-state index in [-0.39, 0.29) is 5.56 Å². The average molecular weight is 361 g/mol. The van der Waals surface area contributed by atoms with Gasteiger partial charge in [-0.05, 0) is 25.1 Å². The highest BCUT2D eigenvalue weighted by Gasteiger charge is 2.39. The number of carbonyl (C=O) groups excluding carboxylic acids is 2. The Morgan fingerprint density at radius 2 is 1.63 bits per heavy atom. The summed E-state index contributed by atoms with van der Waals surface area (Å²) in [5, 5.41) is 0. The van der Waals surface area contributed by atoms with Crippen molar-refractivity contribution in [3.63, 3.8) is 0 Å². The first-order chi connectivity index (χ1) is 13.0. The van der Waals surface area contributed by atoms with Crippen LogP contribution in [0.1, 0.15) is 39.5 Å². The molecule has 1 atom stereocenters. The molecule has 0 bridgehead atoms. The van der Waals surface area contributed by atoms with Gasteiger partial charge in [-0.15, -0.1) is 0 Å². The summed E-state index contributed by atoms with van der Waals surface area (Å²) in [6, 6.07) is 8.93. The lowest BCUT2D eigenvalue weighted by atomic mass is 10.1. The average Bonchev–Trinajstić information content (AvgIpc) is 2.95. The lowest BCUT2D eigenvalue weighted by Crippen LogP contribution is -2.36. The SMILES string of the molecule is CC(c1nc(-c2ccncn2)cc(=O)n1C)N1C(=O)c2ccccc2C1=O. The fourth-order valence-electron chi connectivity index (χ4n) is 3.18. The summed E-state index contributed by atoms with van der Waals surface area (Å²) in [4.78, 5) is 51.5. The number of aromatic nitrogens is 4. The highest BCUT2D eigenvalue weighted by Crippen LogP contribution is 2.30. The Morgan fingerprint density at radius 3 is 2.22 bits per heavy atom. The standard InChI is InChI=1S/C19H15N5O3/c1-11(24-18(26)12-5-3-4-6-13(12)19(24)27)17-22-15(9-16(25)23(17)2)14-7-8-20-10-21-14/h3-11H,1-2H3. The van der Waals surface area contributed by atoms with Crippen LogP contribution < -0.4 is 5.56 Å². The van der Waals surface area contributed by atoms with Crippen LogP contribution in [-0.2, 0) is 7.05 Å². The highest BCUT2D eigenvalue weighted by atomic mass is 16.2. The zero-order valence-corrected chi connectivity index (χ0v) is 14.7. The largest absolute Gasteiger partial charge is 0.298 e. The number of rotatable bonds is 3. The molecule has 0 fully saturated rings. The molecule has 8 nitrogen and oxygen atoms in total. The molecular weight excluding hydrogens is 346 g/mol. The summed E-state index contributed by atoms with van der Waals surface area (Å²) in [6.45, 7) is 1.67. The first kappa shape index (κ1) is 16.8. The number of carbonyl (C=O) groups is 2. The van der Waals surface area contributed by atoms with E-state index in [0.29, 0.717) is 28.3 Å². The van der Waals surface area contributed by atoms with E-state index >= 15 is 0 Å². The molecule has 0 N–H and O–H groups in total. The Morgan fingerprint density at radius 1 is 0.963 bits per heavy atom. The molecule has 1 aliphatic heterocycles. The molecule has 134 valence electrons. The zero-order chi connectivity index (χ0) is 19.1. The van der Waals surface area contributed by atoms with Gasteiger partial charge in [0.05, 0.1) is 28.6 Å². The van der Waals surface area contributed by atoms with Crippen LogP contribution in [0.5, 0.6) is 0 Å². The lowest BCUT2D eigenvalue weighted by molar-refractivity contribution is 0.0586. The summed E-state index contributed by atoms with van der Waals surface area (Å²) in [7, 11) is 1.56. The molecular formula is C19H15N5O3. The predicted molar refractivity (Wildman–Crippen MR) is 95.9 cm³/mol. The summed E-state index contributed by atoms with van der Waals surface area (Å²) < 4.78 is 1.33. The van der Waals surface area contributed by atoms with Gasteiger partial charge >= 0.3 is 0 Å². The predicted octanol–water partition coefficient (Wildman–Crippen LogP) is 1.59. The topological polar surface area (TPSA) is 98.1 Å². The number of hydrogen-bond acceptors (Lipinski definition) is 6. The molecule has 4 rings (SSSR count). The molecule has 0 saturated carbocycles. The molecule has 3 aromatic rings. The Balaban J connectivity index is 1.80. The maximum atomic E-state index is 12.7. The summed E-state index contributed by atoms with van der Waals surface area (Å²) in [5.41, 5.74) is 1.24. The Labute approximate surface area is 154 Å². The fourth-order valence-corrected chi connectivity index (χ4v) is 3.18. The van der Waals surface area contributed by atoms with Crippen LogP contribution in [0.3, 0.4) is 0 Å². The molecule has 27 heavy (non-hydrogen) atoms. The van der Waals surface area contributed by atoms with Crippen LogP contribution in [-0.4, -0.2) is 36.2 Å². The van der Waals surface area contributed by atoms with Crippen molar-refractivity contribution in [1.82, 2.24) is 24.4 Å². The molecule has 0 saturated heterocycles. The van der Waals surface area contributed by atoms with Gasteiger partial charge in [-0.1, -0.05) is 12.1 Å². The first-order valence-corrected chi connectivity index (χ1v) is 8.30. The van der Waals surface area contributed by atoms with Crippen LogP contribution in [0.2, 0.25) is 0 Å². The third-order valence-electron chi connectivity index (χ3n) is 4.60. The fraction of sp³-hybridized carbons (Fsp3) is 0.158. The molecule has 2 aromatic heterocycles. The maximum absolute atomic E-state index is 12.7. The van der Waals surface area contributed by atoms with Crippen molar-refractivity contribution in [2.24, 2.45) is 7.05 Å². The monoisotopic (exact) mass is 361 g/mol. The molecule has 2 amide bonds. The second-order valence-electron chi connectivity index (χ2n) is 6.19. The normalized spacial score (nSPS) is 14.4. The molecule has 1 aromatic carbocycles. The minimum Gasteiger partial charge on any atom is -0.298 e. The van der Waals surface area contributed by atoms with Crippen LogP contribution >= 0.6 is 0 Å². The van der Waals surface area contributed by atoms with E-state index in [0.717, 1.165) is 4.90 Å². The van der Waals surface area contributed by atoms with Gasteiger partial charge in [0, 0.05) is 19.3 Å². The molecule has 0 aliphatic carbocycles. The zero-order valence-electron chi connectivity index (χ0n) is 14.7. The lowest BCUT2D eigenvalue weighted by Gasteiger charge is -2.24. The number of benzene rings is 1. The molecule has 1 unspecified atom stereocenters. The van der Waals surface area contributed by atoms with Crippen LogP contribution in [0, 0.1) is 0 Å². The Hall–Kier alpha value is -3.68. The Kier molecular flexibility index (Phi) is 3.88. The van der Waals surface area contributed by atoms with E-state index in [2.05, 4.69) is 15.0 Å². The minimum atomic E-state index is -0.725. The van der Waals surface area contributed by atoms with E-state index < -0.39 is 17.9 Å².